The number of carbonyl (C=O) groups excluding carboxylic acids is 1. The number of morpholine rings is 1. The number of halogens is 3. The Morgan fingerprint density at radius 2 is 1.72 bits per heavy atom. The largest absolute Gasteiger partial charge is 0.573 e. The maximum Gasteiger partial charge on any atom is 0.573 e. The molecule has 0 saturated carbocycles. The van der Waals surface area contributed by atoms with Crippen LogP contribution in [0.1, 0.15) is 39.2 Å². The van der Waals surface area contributed by atoms with Crippen molar-refractivity contribution in [1.29, 1.82) is 0 Å². The lowest BCUT2D eigenvalue weighted by molar-refractivity contribution is -0.274. The summed E-state index contributed by atoms with van der Waals surface area (Å²) < 4.78 is 51.8. The van der Waals surface area contributed by atoms with Gasteiger partial charge in [-0.3, -0.25) is 4.90 Å². The molecule has 2 fully saturated rings. The molecular weight excluding hydrogens is 391 g/mol. The van der Waals surface area contributed by atoms with Crippen LogP contribution in [0, 0.1) is 0 Å². The van der Waals surface area contributed by atoms with E-state index in [2.05, 4.69) is 4.74 Å². The molecule has 2 atom stereocenters. The number of amides is 1. The Hall–Kier alpha value is -2.00. The number of hydrogen-bond acceptors (Lipinski definition) is 5. The highest BCUT2D eigenvalue weighted by molar-refractivity contribution is 5.69. The molecule has 2 unspecified atom stereocenters. The molecule has 9 heteroatoms. The van der Waals surface area contributed by atoms with Crippen LogP contribution in [0.15, 0.2) is 24.3 Å². The summed E-state index contributed by atoms with van der Waals surface area (Å²) in [7, 11) is 0. The second-order valence-electron chi connectivity index (χ2n) is 8.73. The highest BCUT2D eigenvalue weighted by Gasteiger charge is 2.49. The van der Waals surface area contributed by atoms with E-state index < -0.39 is 23.7 Å². The van der Waals surface area contributed by atoms with Crippen molar-refractivity contribution in [2.45, 2.75) is 69.7 Å². The van der Waals surface area contributed by atoms with Crippen LogP contribution in [-0.4, -0.2) is 59.0 Å². The summed E-state index contributed by atoms with van der Waals surface area (Å²) in [6, 6.07) is 4.82. The predicted molar refractivity (Wildman–Crippen MR) is 97.5 cm³/mol. The fourth-order valence-corrected chi connectivity index (χ4v) is 4.02. The molecular formula is C20H26F3NO5. The van der Waals surface area contributed by atoms with Crippen LogP contribution in [0.3, 0.4) is 0 Å². The van der Waals surface area contributed by atoms with E-state index in [1.807, 2.05) is 0 Å². The van der Waals surface area contributed by atoms with Gasteiger partial charge in [0, 0.05) is 6.42 Å². The first-order valence-electron chi connectivity index (χ1n) is 9.50. The molecule has 162 valence electrons. The zero-order valence-corrected chi connectivity index (χ0v) is 16.7. The normalized spacial score (nSPS) is 27.5. The Labute approximate surface area is 167 Å². The van der Waals surface area contributed by atoms with Gasteiger partial charge in [0.1, 0.15) is 11.4 Å². The molecule has 1 aromatic carbocycles. The fourth-order valence-electron chi connectivity index (χ4n) is 4.02. The number of alkyl halides is 3. The number of nitrogens with zero attached hydrogens (tertiary/aromatic N) is 1. The molecule has 0 aliphatic carbocycles. The van der Waals surface area contributed by atoms with Crippen molar-refractivity contribution in [3.8, 4) is 5.75 Å². The number of benzene rings is 1. The van der Waals surface area contributed by atoms with E-state index in [0.717, 1.165) is 0 Å². The molecule has 2 aliphatic rings. The minimum Gasteiger partial charge on any atom is -0.444 e. The Morgan fingerprint density at radius 1 is 1.17 bits per heavy atom. The molecule has 2 heterocycles. The molecule has 2 bridgehead atoms. The van der Waals surface area contributed by atoms with Gasteiger partial charge >= 0.3 is 12.5 Å². The third-order valence-electron chi connectivity index (χ3n) is 4.93. The van der Waals surface area contributed by atoms with Crippen molar-refractivity contribution in [1.82, 2.24) is 4.90 Å². The number of ether oxygens (including phenoxy) is 3. The zero-order valence-electron chi connectivity index (χ0n) is 16.7. The van der Waals surface area contributed by atoms with Gasteiger partial charge in [0.2, 0.25) is 0 Å². The van der Waals surface area contributed by atoms with Crippen LogP contribution < -0.4 is 4.74 Å². The lowest BCUT2D eigenvalue weighted by atomic mass is 9.78. The van der Waals surface area contributed by atoms with Crippen molar-refractivity contribution < 1.29 is 37.3 Å². The summed E-state index contributed by atoms with van der Waals surface area (Å²) in [4.78, 5) is 14.3. The Kier molecular flexibility index (Phi) is 5.75. The quantitative estimate of drug-likeness (QED) is 0.813. The van der Waals surface area contributed by atoms with Gasteiger partial charge in [0.05, 0.1) is 30.9 Å². The Balaban J connectivity index is 1.68. The van der Waals surface area contributed by atoms with Gasteiger partial charge < -0.3 is 19.3 Å². The summed E-state index contributed by atoms with van der Waals surface area (Å²) in [6.45, 7) is 5.99. The van der Waals surface area contributed by atoms with Gasteiger partial charge in [-0.1, -0.05) is 12.1 Å². The van der Waals surface area contributed by atoms with Gasteiger partial charge in [0.15, 0.2) is 0 Å². The van der Waals surface area contributed by atoms with Crippen LogP contribution in [0.5, 0.6) is 5.75 Å². The monoisotopic (exact) mass is 417 g/mol. The van der Waals surface area contributed by atoms with Crippen molar-refractivity contribution >= 4 is 6.09 Å². The van der Waals surface area contributed by atoms with Crippen molar-refractivity contribution in [2.24, 2.45) is 0 Å². The SMILES string of the molecule is CC(C)(C)OC(=O)N1C2COCC1CC(O)(Cc1ccc(OC(F)(F)F)cc1)C2. The maximum atomic E-state index is 12.6. The van der Waals surface area contributed by atoms with Crippen LogP contribution in [0.25, 0.3) is 0 Å². The predicted octanol–water partition coefficient (Wildman–Crippen LogP) is 3.66. The molecule has 2 saturated heterocycles. The standard InChI is InChI=1S/C20H26F3NO5/c1-18(2,3)29-17(25)24-14-9-19(26,10-15(24)12-27-11-14)8-13-4-6-16(7-5-13)28-20(21,22)23/h4-7,14-15,26H,8-12H2,1-3H3. The molecule has 6 nitrogen and oxygen atoms in total. The Bertz CT molecular complexity index is 715. The highest BCUT2D eigenvalue weighted by atomic mass is 19.4. The minimum absolute atomic E-state index is 0.258. The fraction of sp³-hybridized carbons (Fsp3) is 0.650. The number of hydrogen-bond donors (Lipinski definition) is 1. The first-order chi connectivity index (χ1) is 13.3. The molecule has 2 aliphatic heterocycles. The third kappa shape index (κ3) is 5.76. The zero-order chi connectivity index (χ0) is 21.4. The van der Waals surface area contributed by atoms with Crippen LogP contribution in [-0.2, 0) is 15.9 Å². The summed E-state index contributed by atoms with van der Waals surface area (Å²) in [5.41, 5.74) is -1.03. The number of fused-ring (bicyclic) bond motifs is 2. The first-order valence-corrected chi connectivity index (χ1v) is 9.50. The topological polar surface area (TPSA) is 68.2 Å². The number of piperidine rings is 1. The van der Waals surface area contributed by atoms with Crippen LogP contribution in [0.4, 0.5) is 18.0 Å². The van der Waals surface area contributed by atoms with Crippen molar-refractivity contribution in [2.75, 3.05) is 13.2 Å². The summed E-state index contributed by atoms with van der Waals surface area (Å²) in [6.07, 6.45) is -4.32. The van der Waals surface area contributed by atoms with E-state index in [4.69, 9.17) is 9.47 Å². The van der Waals surface area contributed by atoms with Gasteiger partial charge in [-0.15, -0.1) is 13.2 Å². The second-order valence-corrected chi connectivity index (χ2v) is 8.73. The van der Waals surface area contributed by atoms with E-state index in [-0.39, 0.29) is 24.3 Å². The minimum atomic E-state index is -4.74. The van der Waals surface area contributed by atoms with Crippen LogP contribution in [0.2, 0.25) is 0 Å². The van der Waals surface area contributed by atoms with Gasteiger partial charge in [-0.2, -0.15) is 0 Å². The summed E-state index contributed by atoms with van der Waals surface area (Å²) in [5, 5.41) is 11.2. The van der Waals surface area contributed by atoms with Crippen LogP contribution >= 0.6 is 0 Å². The highest BCUT2D eigenvalue weighted by Crippen LogP contribution is 2.37. The molecule has 0 radical (unpaired) electrons. The molecule has 1 amide bonds. The molecule has 1 N–H and O–H groups in total. The van der Waals surface area contributed by atoms with E-state index in [0.29, 0.717) is 31.6 Å². The maximum absolute atomic E-state index is 12.6. The second kappa shape index (κ2) is 7.68. The Morgan fingerprint density at radius 3 is 2.21 bits per heavy atom. The summed E-state index contributed by atoms with van der Waals surface area (Å²) >= 11 is 0. The molecule has 0 aromatic heterocycles. The lowest BCUT2D eigenvalue weighted by Gasteiger charge is -2.51. The summed E-state index contributed by atoms with van der Waals surface area (Å²) in [5.74, 6) is -0.307. The van der Waals surface area contributed by atoms with E-state index >= 15 is 0 Å². The smallest absolute Gasteiger partial charge is 0.444 e. The van der Waals surface area contributed by atoms with Gasteiger partial charge in [-0.25, -0.2) is 4.79 Å². The van der Waals surface area contributed by atoms with E-state index in [9.17, 15) is 23.1 Å². The van der Waals surface area contributed by atoms with E-state index in [1.54, 1.807) is 25.7 Å². The van der Waals surface area contributed by atoms with E-state index in [1.165, 1.54) is 24.3 Å². The number of rotatable bonds is 3. The molecule has 0 spiro atoms. The number of aliphatic hydroxyl groups is 1. The third-order valence-corrected chi connectivity index (χ3v) is 4.93. The van der Waals surface area contributed by atoms with Crippen molar-refractivity contribution in [3.63, 3.8) is 0 Å². The molecule has 29 heavy (non-hydrogen) atoms. The average Bonchev–Trinajstić information content (AvgIpc) is 2.52. The van der Waals surface area contributed by atoms with Gasteiger partial charge in [-0.05, 0) is 51.3 Å². The number of carbonyl (C=O) groups is 1. The molecule has 1 aromatic rings. The molecule has 3 rings (SSSR count). The lowest BCUT2D eigenvalue weighted by Crippen LogP contribution is -2.64. The first kappa shape index (κ1) is 21.7. The van der Waals surface area contributed by atoms with Crippen molar-refractivity contribution in [3.05, 3.63) is 29.8 Å². The van der Waals surface area contributed by atoms with Gasteiger partial charge in [0.25, 0.3) is 0 Å². The average molecular weight is 417 g/mol.